The van der Waals surface area contributed by atoms with Crippen LogP contribution in [0.5, 0.6) is 0 Å². The molecule has 4 heteroatoms. The molecule has 1 aromatic carbocycles. The minimum absolute atomic E-state index is 0.273. The number of nitrogens with zero attached hydrogens (tertiary/aromatic N) is 1. The lowest BCUT2D eigenvalue weighted by Crippen LogP contribution is -2.24. The predicted molar refractivity (Wildman–Crippen MR) is 86.1 cm³/mol. The molecule has 0 aliphatic rings. The Kier molecular flexibility index (Phi) is 4.17. The van der Waals surface area contributed by atoms with E-state index in [4.69, 9.17) is 0 Å². The first-order valence-electron chi connectivity index (χ1n) is 7.08. The average Bonchev–Trinajstić information content (AvgIpc) is 3.01. The van der Waals surface area contributed by atoms with E-state index >= 15 is 0 Å². The average molecular weight is 289 g/mol. The minimum Gasteiger partial charge on any atom is -0.361 e. The molecule has 0 saturated heterocycles. The highest BCUT2D eigenvalue weighted by Crippen LogP contribution is 2.13. The Morgan fingerprint density at radius 3 is 3.05 bits per heavy atom. The molecule has 2 heterocycles. The van der Waals surface area contributed by atoms with Crippen LogP contribution in [-0.2, 0) is 11.2 Å². The zero-order valence-electron chi connectivity index (χ0n) is 12.0. The van der Waals surface area contributed by atoms with Crippen molar-refractivity contribution in [2.24, 2.45) is 0 Å². The first-order chi connectivity index (χ1) is 10.8. The van der Waals surface area contributed by atoms with Gasteiger partial charge in [0.25, 0.3) is 5.91 Å². The number of fused-ring (bicyclic) bond motifs is 1. The van der Waals surface area contributed by atoms with Gasteiger partial charge >= 0.3 is 0 Å². The van der Waals surface area contributed by atoms with Crippen LogP contribution in [0, 0.1) is 11.8 Å². The third kappa shape index (κ3) is 3.53. The fourth-order valence-corrected chi connectivity index (χ4v) is 2.15. The first-order valence-corrected chi connectivity index (χ1v) is 7.08. The van der Waals surface area contributed by atoms with E-state index in [-0.39, 0.29) is 5.91 Å². The highest BCUT2D eigenvalue weighted by atomic mass is 16.1. The van der Waals surface area contributed by atoms with E-state index in [9.17, 15) is 4.79 Å². The maximum absolute atomic E-state index is 11.7. The molecule has 2 N–H and O–H groups in total. The van der Waals surface area contributed by atoms with Crippen LogP contribution >= 0.6 is 0 Å². The summed E-state index contributed by atoms with van der Waals surface area (Å²) in [6, 6.07) is 13.5. The molecule has 0 fully saturated rings. The molecule has 108 valence electrons. The molecule has 22 heavy (non-hydrogen) atoms. The number of pyridine rings is 1. The Balaban J connectivity index is 1.55. The van der Waals surface area contributed by atoms with Crippen molar-refractivity contribution >= 4 is 16.8 Å². The van der Waals surface area contributed by atoms with Crippen LogP contribution in [0.15, 0.2) is 54.9 Å². The van der Waals surface area contributed by atoms with Crippen molar-refractivity contribution in [2.45, 2.75) is 6.42 Å². The number of nitrogens with one attached hydrogen (secondary N) is 2. The molecule has 1 amide bonds. The van der Waals surface area contributed by atoms with Crippen LogP contribution in [0.4, 0.5) is 0 Å². The molecule has 0 spiro atoms. The third-order valence-corrected chi connectivity index (χ3v) is 3.27. The highest BCUT2D eigenvalue weighted by molar-refractivity contribution is 5.94. The minimum atomic E-state index is -0.273. The van der Waals surface area contributed by atoms with Gasteiger partial charge < -0.3 is 10.3 Å². The molecular weight excluding hydrogens is 274 g/mol. The molecule has 0 saturated carbocycles. The van der Waals surface area contributed by atoms with Crippen LogP contribution in [0.25, 0.3) is 10.9 Å². The number of aromatic nitrogens is 2. The maximum Gasteiger partial charge on any atom is 0.296 e. The van der Waals surface area contributed by atoms with Crippen molar-refractivity contribution in [1.82, 2.24) is 15.3 Å². The first kappa shape index (κ1) is 13.9. The zero-order chi connectivity index (χ0) is 15.2. The van der Waals surface area contributed by atoms with Crippen LogP contribution in [-0.4, -0.2) is 22.4 Å². The number of hydrogen-bond acceptors (Lipinski definition) is 2. The standard InChI is InChI=1S/C18H15N3O/c22-18(21-12-9-16-3-1-2-10-19-16)7-5-14-4-6-17-15(13-14)8-11-20-17/h1-4,6,8,10-11,13,20H,9,12H2,(H,21,22). The van der Waals surface area contributed by atoms with Crippen LogP contribution in [0.2, 0.25) is 0 Å². The Morgan fingerprint density at radius 2 is 2.18 bits per heavy atom. The summed E-state index contributed by atoms with van der Waals surface area (Å²) in [6.07, 6.45) is 4.32. The smallest absolute Gasteiger partial charge is 0.296 e. The summed E-state index contributed by atoms with van der Waals surface area (Å²) in [5.41, 5.74) is 2.84. The molecule has 0 radical (unpaired) electrons. The van der Waals surface area contributed by atoms with Gasteiger partial charge in [-0.2, -0.15) is 0 Å². The van der Waals surface area contributed by atoms with E-state index in [1.807, 2.05) is 48.7 Å². The second-order valence-electron chi connectivity index (χ2n) is 4.86. The van der Waals surface area contributed by atoms with Gasteiger partial charge in [0.2, 0.25) is 0 Å². The highest BCUT2D eigenvalue weighted by Gasteiger charge is 1.98. The Bertz CT molecular complexity index is 841. The summed E-state index contributed by atoms with van der Waals surface area (Å²) >= 11 is 0. The molecule has 0 unspecified atom stereocenters. The fourth-order valence-electron chi connectivity index (χ4n) is 2.15. The largest absolute Gasteiger partial charge is 0.361 e. The summed E-state index contributed by atoms with van der Waals surface area (Å²) < 4.78 is 0. The summed E-state index contributed by atoms with van der Waals surface area (Å²) in [5, 5.41) is 3.86. The second kappa shape index (κ2) is 6.59. The van der Waals surface area contributed by atoms with Gasteiger partial charge in [-0.15, -0.1) is 0 Å². The number of carbonyl (C=O) groups is 1. The number of aromatic amines is 1. The number of H-pyrrole nitrogens is 1. The number of carbonyl (C=O) groups excluding carboxylic acids is 1. The summed E-state index contributed by atoms with van der Waals surface area (Å²) in [6.45, 7) is 0.529. The van der Waals surface area contributed by atoms with Crippen molar-refractivity contribution in [2.75, 3.05) is 6.54 Å². The van der Waals surface area contributed by atoms with Crippen molar-refractivity contribution in [3.63, 3.8) is 0 Å². The van der Waals surface area contributed by atoms with Crippen molar-refractivity contribution < 1.29 is 4.79 Å². The molecule has 3 aromatic rings. The van der Waals surface area contributed by atoms with E-state index in [1.54, 1.807) is 6.20 Å². The van der Waals surface area contributed by atoms with Crippen molar-refractivity contribution in [3.05, 3.63) is 66.1 Å². The van der Waals surface area contributed by atoms with Crippen LogP contribution in [0.3, 0.4) is 0 Å². The zero-order valence-corrected chi connectivity index (χ0v) is 12.0. The monoisotopic (exact) mass is 289 g/mol. The van der Waals surface area contributed by atoms with Crippen molar-refractivity contribution in [1.29, 1.82) is 0 Å². The lowest BCUT2D eigenvalue weighted by molar-refractivity contribution is -0.115. The van der Waals surface area contributed by atoms with Gasteiger partial charge in [-0.1, -0.05) is 12.0 Å². The molecular formula is C18H15N3O. The van der Waals surface area contributed by atoms with Gasteiger partial charge in [0.15, 0.2) is 0 Å². The Labute approximate surface area is 128 Å². The quantitative estimate of drug-likeness (QED) is 0.727. The summed E-state index contributed by atoms with van der Waals surface area (Å²) in [7, 11) is 0. The SMILES string of the molecule is O=C(C#Cc1ccc2[nH]ccc2c1)NCCc1ccccn1. The normalized spacial score (nSPS) is 10.0. The van der Waals surface area contributed by atoms with E-state index in [0.717, 1.165) is 22.2 Å². The lowest BCUT2D eigenvalue weighted by Gasteiger charge is -2.00. The van der Waals surface area contributed by atoms with E-state index in [1.165, 1.54) is 0 Å². The molecule has 2 aromatic heterocycles. The molecule has 0 atom stereocenters. The summed E-state index contributed by atoms with van der Waals surface area (Å²) in [4.78, 5) is 19.0. The van der Waals surface area contributed by atoms with Gasteiger partial charge in [0.05, 0.1) is 0 Å². The Hall–Kier alpha value is -3.06. The van der Waals surface area contributed by atoms with E-state index in [0.29, 0.717) is 13.0 Å². The van der Waals surface area contributed by atoms with Gasteiger partial charge in [-0.05, 0) is 36.4 Å². The molecule has 0 bridgehead atoms. The second-order valence-corrected chi connectivity index (χ2v) is 4.86. The lowest BCUT2D eigenvalue weighted by atomic mass is 10.1. The van der Waals surface area contributed by atoms with Crippen LogP contribution < -0.4 is 5.32 Å². The molecule has 0 aliphatic carbocycles. The van der Waals surface area contributed by atoms with Gasteiger partial charge in [0.1, 0.15) is 0 Å². The molecule has 0 aliphatic heterocycles. The van der Waals surface area contributed by atoms with Gasteiger partial charge in [0, 0.05) is 53.4 Å². The fraction of sp³-hybridized carbons (Fsp3) is 0.111. The van der Waals surface area contributed by atoms with Crippen molar-refractivity contribution in [3.8, 4) is 11.8 Å². The van der Waals surface area contributed by atoms with Crippen LogP contribution in [0.1, 0.15) is 11.3 Å². The van der Waals surface area contributed by atoms with Gasteiger partial charge in [-0.3, -0.25) is 9.78 Å². The summed E-state index contributed by atoms with van der Waals surface area (Å²) in [5.74, 6) is 5.22. The molecule has 4 nitrogen and oxygen atoms in total. The number of benzene rings is 1. The third-order valence-electron chi connectivity index (χ3n) is 3.27. The maximum atomic E-state index is 11.7. The molecule has 3 rings (SSSR count). The topological polar surface area (TPSA) is 57.8 Å². The van der Waals surface area contributed by atoms with E-state index < -0.39 is 0 Å². The number of amides is 1. The number of hydrogen-bond donors (Lipinski definition) is 2. The van der Waals surface area contributed by atoms with Gasteiger partial charge in [-0.25, -0.2) is 0 Å². The number of rotatable bonds is 3. The van der Waals surface area contributed by atoms with E-state index in [2.05, 4.69) is 27.1 Å². The Morgan fingerprint density at radius 1 is 1.23 bits per heavy atom. The predicted octanol–water partition coefficient (Wildman–Crippen LogP) is 2.27.